The zero-order valence-corrected chi connectivity index (χ0v) is 16.8. The Morgan fingerprint density at radius 2 is 1.46 bits per heavy atom. The van der Waals surface area contributed by atoms with E-state index in [0.29, 0.717) is 0 Å². The molecule has 136 valence electrons. The molecule has 0 aliphatic heterocycles. The largest absolute Gasteiger partial charge is 0.256 e. The van der Waals surface area contributed by atoms with Crippen LogP contribution in [-0.4, -0.2) is 4.98 Å². The molecule has 0 radical (unpaired) electrons. The minimum absolute atomic E-state index is 1.08. The van der Waals surface area contributed by atoms with Crippen LogP contribution >= 0.6 is 11.3 Å². The van der Waals surface area contributed by atoms with E-state index in [2.05, 4.69) is 61.5 Å². The molecule has 1 aliphatic carbocycles. The van der Waals surface area contributed by atoms with Gasteiger partial charge in [-0.25, -0.2) is 0 Å². The van der Waals surface area contributed by atoms with Crippen LogP contribution in [0.4, 0.5) is 0 Å². The number of pyridine rings is 1. The van der Waals surface area contributed by atoms with E-state index in [0.717, 1.165) is 5.69 Å². The third-order valence-electron chi connectivity index (χ3n) is 6.14. The van der Waals surface area contributed by atoms with Crippen LogP contribution in [0, 0.1) is 6.92 Å². The molecule has 0 unspecified atom stereocenters. The zero-order chi connectivity index (χ0) is 18.7. The third kappa shape index (κ3) is 2.48. The second kappa shape index (κ2) is 6.15. The third-order valence-corrected chi connectivity index (χ3v) is 7.26. The molecule has 0 amide bonds. The fourth-order valence-electron chi connectivity index (χ4n) is 4.61. The molecule has 0 saturated heterocycles. The average molecular weight is 380 g/mol. The Labute approximate surface area is 168 Å². The molecule has 2 aromatic heterocycles. The Morgan fingerprint density at radius 1 is 0.750 bits per heavy atom. The van der Waals surface area contributed by atoms with Gasteiger partial charge in [-0.15, -0.1) is 11.3 Å². The summed E-state index contributed by atoms with van der Waals surface area (Å²) in [6, 6.07) is 20.5. The highest BCUT2D eigenvalue weighted by atomic mass is 32.1. The predicted molar refractivity (Wildman–Crippen MR) is 121 cm³/mol. The first-order valence-electron chi connectivity index (χ1n) is 10.1. The SMILES string of the molecule is Cc1ccc(-c2nccc3cc4sc5cc6c(cc5c4cc23)CCCC6)cc1. The molecule has 28 heavy (non-hydrogen) atoms. The molecule has 6 rings (SSSR count). The summed E-state index contributed by atoms with van der Waals surface area (Å²) in [5.41, 5.74) is 6.67. The molecule has 0 saturated carbocycles. The summed E-state index contributed by atoms with van der Waals surface area (Å²) >= 11 is 1.93. The van der Waals surface area contributed by atoms with Crippen LogP contribution in [0.2, 0.25) is 0 Å². The Balaban J connectivity index is 1.65. The van der Waals surface area contributed by atoms with E-state index >= 15 is 0 Å². The zero-order valence-electron chi connectivity index (χ0n) is 16.0. The molecule has 0 N–H and O–H groups in total. The van der Waals surface area contributed by atoms with Gasteiger partial charge in [0.15, 0.2) is 0 Å². The first kappa shape index (κ1) is 16.3. The highest BCUT2D eigenvalue weighted by Gasteiger charge is 2.15. The first-order chi connectivity index (χ1) is 13.8. The lowest BCUT2D eigenvalue weighted by Gasteiger charge is -2.15. The number of nitrogens with zero attached hydrogens (tertiary/aromatic N) is 1. The van der Waals surface area contributed by atoms with E-state index in [-0.39, 0.29) is 0 Å². The highest BCUT2D eigenvalue weighted by Crippen LogP contribution is 2.40. The smallest absolute Gasteiger partial charge is 0.0780 e. The first-order valence-corrected chi connectivity index (χ1v) is 10.9. The normalized spacial score (nSPS) is 14.0. The standard InChI is InChI=1S/C26H21NS/c1-16-6-8-17(9-7-16)26-21-15-23-22-12-18-4-2-3-5-19(18)13-24(22)28-25(23)14-20(21)10-11-27-26/h6-15H,2-5H2,1H3. The number of rotatable bonds is 1. The minimum atomic E-state index is 1.08. The fourth-order valence-corrected chi connectivity index (χ4v) is 5.79. The van der Waals surface area contributed by atoms with Crippen molar-refractivity contribution in [1.29, 1.82) is 0 Å². The Morgan fingerprint density at radius 3 is 2.29 bits per heavy atom. The summed E-state index contributed by atoms with van der Waals surface area (Å²) in [5, 5.41) is 5.31. The summed E-state index contributed by atoms with van der Waals surface area (Å²) < 4.78 is 2.81. The van der Waals surface area contributed by atoms with E-state index in [1.807, 2.05) is 17.5 Å². The van der Waals surface area contributed by atoms with E-state index in [1.165, 1.54) is 67.8 Å². The number of benzene rings is 3. The van der Waals surface area contributed by atoms with E-state index in [9.17, 15) is 0 Å². The van der Waals surface area contributed by atoms with Gasteiger partial charge >= 0.3 is 0 Å². The van der Waals surface area contributed by atoms with Crippen molar-refractivity contribution >= 4 is 42.3 Å². The molecule has 0 bridgehead atoms. The van der Waals surface area contributed by atoms with Gasteiger partial charge in [-0.3, -0.25) is 4.98 Å². The van der Waals surface area contributed by atoms with E-state index in [4.69, 9.17) is 4.98 Å². The lowest BCUT2D eigenvalue weighted by atomic mass is 9.90. The Kier molecular flexibility index (Phi) is 3.57. The number of hydrogen-bond donors (Lipinski definition) is 0. The molecule has 1 aliphatic rings. The van der Waals surface area contributed by atoms with Gasteiger partial charge in [0, 0.05) is 37.3 Å². The van der Waals surface area contributed by atoms with Gasteiger partial charge < -0.3 is 0 Å². The van der Waals surface area contributed by atoms with E-state index < -0.39 is 0 Å². The minimum Gasteiger partial charge on any atom is -0.256 e. The fraction of sp³-hybridized carbons (Fsp3) is 0.192. The average Bonchev–Trinajstić information content (AvgIpc) is 3.07. The molecule has 2 heteroatoms. The molecule has 2 heterocycles. The monoisotopic (exact) mass is 379 g/mol. The number of hydrogen-bond acceptors (Lipinski definition) is 2. The molecular weight excluding hydrogens is 358 g/mol. The second-order valence-corrected chi connectivity index (χ2v) is 9.11. The van der Waals surface area contributed by atoms with Crippen molar-refractivity contribution in [3.05, 3.63) is 77.5 Å². The Hall–Kier alpha value is -2.71. The number of fused-ring (bicyclic) bond motifs is 5. The molecule has 3 aromatic carbocycles. The van der Waals surface area contributed by atoms with Crippen LogP contribution in [0.1, 0.15) is 29.5 Å². The van der Waals surface area contributed by atoms with Crippen LogP contribution in [0.25, 0.3) is 42.2 Å². The van der Waals surface area contributed by atoms with Crippen molar-refractivity contribution in [3.8, 4) is 11.3 Å². The van der Waals surface area contributed by atoms with Gasteiger partial charge in [0.05, 0.1) is 5.69 Å². The van der Waals surface area contributed by atoms with Gasteiger partial charge in [-0.05, 0) is 79.5 Å². The maximum absolute atomic E-state index is 4.75. The molecule has 0 atom stereocenters. The van der Waals surface area contributed by atoms with Gasteiger partial charge in [0.2, 0.25) is 0 Å². The number of aryl methyl sites for hydroxylation is 3. The molecule has 5 aromatic rings. The summed E-state index contributed by atoms with van der Waals surface area (Å²) in [6.45, 7) is 2.13. The Bertz CT molecular complexity index is 1360. The maximum atomic E-state index is 4.75. The van der Waals surface area contributed by atoms with Crippen LogP contribution in [0.15, 0.2) is 60.8 Å². The van der Waals surface area contributed by atoms with Crippen LogP contribution in [0.3, 0.4) is 0 Å². The quantitative estimate of drug-likeness (QED) is 0.294. The lowest BCUT2D eigenvalue weighted by Crippen LogP contribution is -2.01. The molecule has 1 nitrogen and oxygen atoms in total. The lowest BCUT2D eigenvalue weighted by molar-refractivity contribution is 0.687. The van der Waals surface area contributed by atoms with Crippen LogP contribution in [0.5, 0.6) is 0 Å². The number of thiophene rings is 1. The molecule has 0 fully saturated rings. The van der Waals surface area contributed by atoms with Crippen molar-refractivity contribution in [1.82, 2.24) is 4.98 Å². The highest BCUT2D eigenvalue weighted by molar-refractivity contribution is 7.25. The van der Waals surface area contributed by atoms with Crippen molar-refractivity contribution in [2.75, 3.05) is 0 Å². The van der Waals surface area contributed by atoms with Crippen molar-refractivity contribution in [2.45, 2.75) is 32.6 Å². The predicted octanol–water partition coefficient (Wildman–Crippen LogP) is 7.46. The topological polar surface area (TPSA) is 12.9 Å². The summed E-state index contributed by atoms with van der Waals surface area (Å²) in [6.07, 6.45) is 7.06. The molecule has 0 spiro atoms. The van der Waals surface area contributed by atoms with Crippen LogP contribution < -0.4 is 0 Å². The second-order valence-electron chi connectivity index (χ2n) is 8.02. The van der Waals surface area contributed by atoms with Gasteiger partial charge in [0.25, 0.3) is 0 Å². The summed E-state index contributed by atoms with van der Waals surface area (Å²) in [7, 11) is 0. The summed E-state index contributed by atoms with van der Waals surface area (Å²) in [4.78, 5) is 4.75. The van der Waals surface area contributed by atoms with Crippen molar-refractivity contribution < 1.29 is 0 Å². The van der Waals surface area contributed by atoms with E-state index in [1.54, 1.807) is 11.1 Å². The maximum Gasteiger partial charge on any atom is 0.0780 e. The van der Waals surface area contributed by atoms with Crippen LogP contribution in [-0.2, 0) is 12.8 Å². The summed E-state index contributed by atoms with van der Waals surface area (Å²) in [5.74, 6) is 0. The molecular formula is C26H21NS. The number of aromatic nitrogens is 1. The van der Waals surface area contributed by atoms with Gasteiger partial charge in [-0.2, -0.15) is 0 Å². The van der Waals surface area contributed by atoms with Crippen molar-refractivity contribution in [3.63, 3.8) is 0 Å². The van der Waals surface area contributed by atoms with Gasteiger partial charge in [0.1, 0.15) is 0 Å². The van der Waals surface area contributed by atoms with Gasteiger partial charge in [-0.1, -0.05) is 29.8 Å². The van der Waals surface area contributed by atoms with Crippen molar-refractivity contribution in [2.24, 2.45) is 0 Å².